The molecule has 2 N–H and O–H groups in total. The van der Waals surface area contributed by atoms with E-state index >= 15 is 0 Å². The molecule has 2 aromatic rings. The number of aliphatic imine (C=N–C) groups is 1. The van der Waals surface area contributed by atoms with Gasteiger partial charge >= 0.3 is 0 Å². The molecule has 0 aliphatic heterocycles. The number of aromatic nitrogens is 3. The molecule has 0 bridgehead atoms. The van der Waals surface area contributed by atoms with Crippen LogP contribution in [-0.2, 0) is 6.54 Å². The van der Waals surface area contributed by atoms with Crippen molar-refractivity contribution < 1.29 is 0 Å². The second-order valence-electron chi connectivity index (χ2n) is 6.90. The molecule has 2 aromatic heterocycles. The summed E-state index contributed by atoms with van der Waals surface area (Å²) in [4.78, 5) is 13.1. The van der Waals surface area contributed by atoms with Crippen molar-refractivity contribution in [2.75, 3.05) is 7.05 Å². The van der Waals surface area contributed by atoms with Crippen molar-refractivity contribution in [3.63, 3.8) is 0 Å². The number of imidazole rings is 1. The van der Waals surface area contributed by atoms with Gasteiger partial charge in [0, 0.05) is 38.2 Å². The van der Waals surface area contributed by atoms with Crippen LogP contribution in [0.2, 0.25) is 0 Å². The second-order valence-corrected chi connectivity index (χ2v) is 6.90. The zero-order valence-corrected chi connectivity index (χ0v) is 18.1. The molecule has 0 saturated heterocycles. The summed E-state index contributed by atoms with van der Waals surface area (Å²) in [5.41, 5.74) is 1.13. The fourth-order valence-corrected chi connectivity index (χ4v) is 3.26. The smallest absolute Gasteiger partial charge is 0.191 e. The molecule has 1 aliphatic rings. The summed E-state index contributed by atoms with van der Waals surface area (Å²) in [6.07, 6.45) is 10.7. The predicted molar refractivity (Wildman–Crippen MR) is 116 cm³/mol. The summed E-state index contributed by atoms with van der Waals surface area (Å²) in [5.74, 6) is 3.55. The Morgan fingerprint density at radius 2 is 2.00 bits per heavy atom. The number of nitrogens with one attached hydrogen (secondary N) is 2. The highest BCUT2D eigenvalue weighted by Crippen LogP contribution is 2.23. The Morgan fingerprint density at radius 1 is 1.23 bits per heavy atom. The van der Waals surface area contributed by atoms with E-state index in [4.69, 9.17) is 0 Å². The average Bonchev–Trinajstić information content (AvgIpc) is 3.07. The van der Waals surface area contributed by atoms with Gasteiger partial charge in [0.25, 0.3) is 0 Å². The molecule has 7 heteroatoms. The van der Waals surface area contributed by atoms with E-state index in [1.54, 1.807) is 6.20 Å². The molecular formula is C19H29IN6. The van der Waals surface area contributed by atoms with Crippen LogP contribution in [0.4, 0.5) is 0 Å². The topological polar surface area (TPSA) is 67.1 Å². The minimum Gasteiger partial charge on any atom is -0.354 e. The Kier molecular flexibility index (Phi) is 7.86. The predicted octanol–water partition coefficient (Wildman–Crippen LogP) is 3.44. The standard InChI is InChI=1S/C19H28N6.HI/c1-14-4-7-17(8-5-14)24-19(20-3)23-13-16-6-9-18(22-12-16)25-11-10-21-15(25)2;/h6,9-12,14,17H,4-5,7-8,13H2,1-3H3,(H2,20,23,24);1H. The molecule has 1 fully saturated rings. The van der Waals surface area contributed by atoms with Crippen LogP contribution in [0.5, 0.6) is 0 Å². The fourth-order valence-electron chi connectivity index (χ4n) is 3.26. The third kappa shape index (κ3) is 5.43. The van der Waals surface area contributed by atoms with E-state index in [2.05, 4.69) is 38.6 Å². The second kappa shape index (κ2) is 9.89. The van der Waals surface area contributed by atoms with Crippen LogP contribution in [0.15, 0.2) is 35.7 Å². The molecule has 1 saturated carbocycles. The van der Waals surface area contributed by atoms with Gasteiger partial charge in [0.2, 0.25) is 0 Å². The largest absolute Gasteiger partial charge is 0.354 e. The molecule has 0 unspecified atom stereocenters. The van der Waals surface area contributed by atoms with Crippen molar-refractivity contribution in [3.8, 4) is 5.82 Å². The van der Waals surface area contributed by atoms with Crippen molar-refractivity contribution in [2.45, 2.75) is 52.1 Å². The lowest BCUT2D eigenvalue weighted by Gasteiger charge is -2.28. The Balaban J connectivity index is 0.00000243. The Labute approximate surface area is 172 Å². The number of pyridine rings is 1. The van der Waals surface area contributed by atoms with E-state index in [9.17, 15) is 0 Å². The lowest BCUT2D eigenvalue weighted by Crippen LogP contribution is -2.44. The van der Waals surface area contributed by atoms with Gasteiger partial charge in [-0.2, -0.15) is 0 Å². The van der Waals surface area contributed by atoms with Crippen LogP contribution >= 0.6 is 24.0 Å². The molecular weight excluding hydrogens is 439 g/mol. The van der Waals surface area contributed by atoms with E-state index in [-0.39, 0.29) is 24.0 Å². The first kappa shape index (κ1) is 20.7. The summed E-state index contributed by atoms with van der Waals surface area (Å²) in [6, 6.07) is 4.64. The van der Waals surface area contributed by atoms with E-state index in [0.717, 1.165) is 29.1 Å². The molecule has 0 spiro atoms. The third-order valence-electron chi connectivity index (χ3n) is 4.92. The van der Waals surface area contributed by atoms with Gasteiger partial charge in [-0.05, 0) is 50.2 Å². The van der Waals surface area contributed by atoms with Crippen LogP contribution < -0.4 is 10.6 Å². The average molecular weight is 468 g/mol. The maximum absolute atomic E-state index is 4.53. The highest BCUT2D eigenvalue weighted by molar-refractivity contribution is 14.0. The van der Waals surface area contributed by atoms with Crippen molar-refractivity contribution in [3.05, 3.63) is 42.1 Å². The zero-order valence-electron chi connectivity index (χ0n) is 15.8. The fraction of sp³-hybridized carbons (Fsp3) is 0.526. The normalized spacial score (nSPS) is 20.3. The molecule has 0 radical (unpaired) electrons. The van der Waals surface area contributed by atoms with Crippen molar-refractivity contribution >= 4 is 29.9 Å². The molecule has 142 valence electrons. The van der Waals surface area contributed by atoms with Crippen LogP contribution in [0.1, 0.15) is 44.0 Å². The number of aryl methyl sites for hydroxylation is 1. The Morgan fingerprint density at radius 3 is 2.58 bits per heavy atom. The first-order chi connectivity index (χ1) is 12.2. The molecule has 26 heavy (non-hydrogen) atoms. The van der Waals surface area contributed by atoms with E-state index in [0.29, 0.717) is 12.6 Å². The van der Waals surface area contributed by atoms with Gasteiger partial charge in [0.15, 0.2) is 5.96 Å². The lowest BCUT2D eigenvalue weighted by atomic mass is 9.87. The molecule has 1 aliphatic carbocycles. The van der Waals surface area contributed by atoms with Crippen molar-refractivity contribution in [2.24, 2.45) is 10.9 Å². The zero-order chi connectivity index (χ0) is 17.6. The summed E-state index contributed by atoms with van der Waals surface area (Å²) in [7, 11) is 1.82. The SMILES string of the molecule is CN=C(NCc1ccc(-n2ccnc2C)nc1)NC1CCC(C)CC1.I. The van der Waals surface area contributed by atoms with E-state index in [1.807, 2.05) is 37.0 Å². The number of nitrogens with zero attached hydrogens (tertiary/aromatic N) is 4. The first-order valence-corrected chi connectivity index (χ1v) is 9.08. The summed E-state index contributed by atoms with van der Waals surface area (Å²) < 4.78 is 1.97. The Hall–Kier alpha value is -1.64. The Bertz CT molecular complexity index is 701. The summed E-state index contributed by atoms with van der Waals surface area (Å²) in [6.45, 7) is 5.02. The molecule has 0 aromatic carbocycles. The van der Waals surface area contributed by atoms with Crippen LogP contribution in [0.3, 0.4) is 0 Å². The molecule has 6 nitrogen and oxygen atoms in total. The van der Waals surface area contributed by atoms with Gasteiger partial charge in [-0.25, -0.2) is 9.97 Å². The lowest BCUT2D eigenvalue weighted by molar-refractivity contribution is 0.329. The maximum Gasteiger partial charge on any atom is 0.191 e. The molecule has 2 heterocycles. The van der Waals surface area contributed by atoms with Crippen LogP contribution in [0, 0.1) is 12.8 Å². The third-order valence-corrected chi connectivity index (χ3v) is 4.92. The van der Waals surface area contributed by atoms with Crippen molar-refractivity contribution in [1.82, 2.24) is 25.2 Å². The number of rotatable bonds is 4. The minimum absolute atomic E-state index is 0. The molecule has 3 rings (SSSR count). The van der Waals surface area contributed by atoms with Crippen LogP contribution in [-0.4, -0.2) is 33.6 Å². The van der Waals surface area contributed by atoms with Crippen LogP contribution in [0.25, 0.3) is 5.82 Å². The monoisotopic (exact) mass is 468 g/mol. The summed E-state index contributed by atoms with van der Waals surface area (Å²) in [5, 5.41) is 6.93. The molecule has 0 atom stereocenters. The molecule has 0 amide bonds. The van der Waals surface area contributed by atoms with Gasteiger partial charge in [0.05, 0.1) is 0 Å². The number of guanidine groups is 1. The van der Waals surface area contributed by atoms with Gasteiger partial charge < -0.3 is 10.6 Å². The van der Waals surface area contributed by atoms with Gasteiger partial charge in [-0.1, -0.05) is 13.0 Å². The van der Waals surface area contributed by atoms with E-state index in [1.165, 1.54) is 25.7 Å². The van der Waals surface area contributed by atoms with Gasteiger partial charge in [-0.3, -0.25) is 9.56 Å². The highest BCUT2D eigenvalue weighted by atomic mass is 127. The number of hydrogen-bond donors (Lipinski definition) is 2. The number of hydrogen-bond acceptors (Lipinski definition) is 3. The maximum atomic E-state index is 4.53. The highest BCUT2D eigenvalue weighted by Gasteiger charge is 2.18. The quantitative estimate of drug-likeness (QED) is 0.410. The minimum atomic E-state index is 0. The van der Waals surface area contributed by atoms with E-state index < -0.39 is 0 Å². The summed E-state index contributed by atoms with van der Waals surface area (Å²) >= 11 is 0. The van der Waals surface area contributed by atoms with Gasteiger partial charge in [-0.15, -0.1) is 24.0 Å². The van der Waals surface area contributed by atoms with Crippen molar-refractivity contribution in [1.29, 1.82) is 0 Å². The number of halogens is 1. The first-order valence-electron chi connectivity index (χ1n) is 9.08. The van der Waals surface area contributed by atoms with Gasteiger partial charge in [0.1, 0.15) is 11.6 Å².